The molecule has 2 fully saturated rings. The summed E-state index contributed by atoms with van der Waals surface area (Å²) < 4.78 is 21.4. The average molecular weight is 358 g/mol. The molecule has 0 N–H and O–H groups in total. The van der Waals surface area contributed by atoms with Gasteiger partial charge in [-0.2, -0.15) is 0 Å². The van der Waals surface area contributed by atoms with E-state index in [1.165, 1.54) is 6.07 Å². The van der Waals surface area contributed by atoms with E-state index in [1.54, 1.807) is 24.5 Å². The summed E-state index contributed by atoms with van der Waals surface area (Å²) in [5.41, 5.74) is 0.407. The lowest BCUT2D eigenvalue weighted by atomic mass is 9.72. The molecule has 26 heavy (non-hydrogen) atoms. The van der Waals surface area contributed by atoms with Crippen LogP contribution in [-0.4, -0.2) is 51.9 Å². The average Bonchev–Trinajstić information content (AvgIpc) is 3.21. The Bertz CT molecular complexity index is 800. The van der Waals surface area contributed by atoms with Crippen LogP contribution >= 0.6 is 0 Å². The molecular weight excluding hydrogens is 335 g/mol. The number of carbonyl (C=O) groups excluding carboxylic acids is 1. The molecule has 1 unspecified atom stereocenters. The van der Waals surface area contributed by atoms with Gasteiger partial charge >= 0.3 is 0 Å². The van der Waals surface area contributed by atoms with Gasteiger partial charge in [-0.15, -0.1) is 10.2 Å². The highest BCUT2D eigenvalue weighted by Crippen LogP contribution is 2.48. The molecule has 4 rings (SSSR count). The fourth-order valence-electron chi connectivity index (χ4n) is 4.32. The van der Waals surface area contributed by atoms with Gasteiger partial charge in [0, 0.05) is 44.7 Å². The summed E-state index contributed by atoms with van der Waals surface area (Å²) in [5, 5.41) is 8.34. The monoisotopic (exact) mass is 358 g/mol. The third-order valence-corrected chi connectivity index (χ3v) is 5.85. The van der Waals surface area contributed by atoms with Gasteiger partial charge in [0.15, 0.2) is 0 Å². The Morgan fingerprint density at radius 2 is 2.12 bits per heavy atom. The number of hydrogen-bond acceptors (Lipinski definition) is 4. The van der Waals surface area contributed by atoms with Gasteiger partial charge in [-0.3, -0.25) is 4.79 Å². The van der Waals surface area contributed by atoms with Gasteiger partial charge in [0.25, 0.3) is 0 Å². The molecule has 1 atom stereocenters. The highest BCUT2D eigenvalue weighted by Gasteiger charge is 2.50. The second kappa shape index (κ2) is 6.79. The Hall–Kier alpha value is -2.28. The Morgan fingerprint density at radius 1 is 1.35 bits per heavy atom. The summed E-state index contributed by atoms with van der Waals surface area (Å²) in [6, 6.07) is 6.47. The van der Waals surface area contributed by atoms with E-state index in [9.17, 15) is 9.18 Å². The molecule has 2 aliphatic rings. The third-order valence-electron chi connectivity index (χ3n) is 5.85. The van der Waals surface area contributed by atoms with Crippen molar-refractivity contribution in [3.8, 4) is 0 Å². The molecule has 1 aromatic carbocycles. The SMILES string of the molecule is Cn1cnnc1C1CN(C(=O)Cc2ccccc2F)CC12CCOCC2. The van der Waals surface area contributed by atoms with Crippen LogP contribution in [0.4, 0.5) is 4.39 Å². The number of nitrogens with zero attached hydrogens (tertiary/aromatic N) is 4. The quantitative estimate of drug-likeness (QED) is 0.841. The topological polar surface area (TPSA) is 60.2 Å². The minimum atomic E-state index is -0.328. The predicted molar refractivity (Wildman–Crippen MR) is 92.9 cm³/mol. The number of aromatic nitrogens is 3. The zero-order valence-corrected chi connectivity index (χ0v) is 14.9. The van der Waals surface area contributed by atoms with E-state index in [-0.39, 0.29) is 29.5 Å². The highest BCUT2D eigenvalue weighted by molar-refractivity contribution is 5.79. The molecule has 1 aromatic heterocycles. The molecule has 0 radical (unpaired) electrons. The van der Waals surface area contributed by atoms with Crippen LogP contribution < -0.4 is 0 Å². The number of rotatable bonds is 3. The first-order chi connectivity index (χ1) is 12.6. The fraction of sp³-hybridized carbons (Fsp3) is 0.526. The van der Waals surface area contributed by atoms with Crippen LogP contribution in [0.1, 0.15) is 30.1 Å². The number of likely N-dealkylation sites (tertiary alicyclic amines) is 1. The molecule has 0 bridgehead atoms. The van der Waals surface area contributed by atoms with E-state index >= 15 is 0 Å². The number of carbonyl (C=O) groups is 1. The first-order valence-corrected chi connectivity index (χ1v) is 9.02. The fourth-order valence-corrected chi connectivity index (χ4v) is 4.32. The minimum absolute atomic E-state index is 0.0364. The largest absolute Gasteiger partial charge is 0.381 e. The van der Waals surface area contributed by atoms with E-state index < -0.39 is 0 Å². The van der Waals surface area contributed by atoms with Gasteiger partial charge in [-0.1, -0.05) is 18.2 Å². The van der Waals surface area contributed by atoms with Crippen LogP contribution in [0.5, 0.6) is 0 Å². The number of hydrogen-bond donors (Lipinski definition) is 0. The maximum absolute atomic E-state index is 13.9. The maximum Gasteiger partial charge on any atom is 0.227 e. The van der Waals surface area contributed by atoms with Gasteiger partial charge in [0.1, 0.15) is 18.0 Å². The van der Waals surface area contributed by atoms with Crippen molar-refractivity contribution in [2.45, 2.75) is 25.2 Å². The van der Waals surface area contributed by atoms with Crippen molar-refractivity contribution in [2.24, 2.45) is 12.5 Å². The molecule has 2 saturated heterocycles. The minimum Gasteiger partial charge on any atom is -0.381 e. The highest BCUT2D eigenvalue weighted by atomic mass is 19.1. The van der Waals surface area contributed by atoms with Crippen LogP contribution in [0.15, 0.2) is 30.6 Å². The lowest BCUT2D eigenvalue weighted by Crippen LogP contribution is -2.38. The second-order valence-electron chi connectivity index (χ2n) is 7.37. The van der Waals surface area contributed by atoms with Crippen molar-refractivity contribution in [1.82, 2.24) is 19.7 Å². The second-order valence-corrected chi connectivity index (χ2v) is 7.37. The van der Waals surface area contributed by atoms with Crippen LogP contribution in [0.3, 0.4) is 0 Å². The Labute approximate surface area is 152 Å². The molecular formula is C19H23FN4O2. The van der Waals surface area contributed by atoms with Crippen molar-refractivity contribution >= 4 is 5.91 Å². The Kier molecular flexibility index (Phi) is 4.48. The number of aryl methyl sites for hydroxylation is 1. The molecule has 2 aliphatic heterocycles. The van der Waals surface area contributed by atoms with Crippen LogP contribution in [0.2, 0.25) is 0 Å². The number of halogens is 1. The Balaban J connectivity index is 1.58. The lowest BCUT2D eigenvalue weighted by Gasteiger charge is -2.37. The molecule has 138 valence electrons. The van der Waals surface area contributed by atoms with Crippen molar-refractivity contribution in [1.29, 1.82) is 0 Å². The molecule has 1 amide bonds. The first kappa shape index (κ1) is 17.1. The lowest BCUT2D eigenvalue weighted by molar-refractivity contribution is -0.130. The van der Waals surface area contributed by atoms with Crippen molar-refractivity contribution in [3.63, 3.8) is 0 Å². The van der Waals surface area contributed by atoms with E-state index in [2.05, 4.69) is 10.2 Å². The van der Waals surface area contributed by atoms with Crippen LogP contribution in [0.25, 0.3) is 0 Å². The van der Waals surface area contributed by atoms with E-state index in [0.29, 0.717) is 31.9 Å². The summed E-state index contributed by atoms with van der Waals surface area (Å²) in [7, 11) is 1.94. The molecule has 1 spiro atoms. The van der Waals surface area contributed by atoms with E-state index in [0.717, 1.165) is 18.7 Å². The maximum atomic E-state index is 13.9. The molecule has 6 nitrogen and oxygen atoms in total. The van der Waals surface area contributed by atoms with Crippen LogP contribution in [-0.2, 0) is 23.0 Å². The van der Waals surface area contributed by atoms with E-state index in [4.69, 9.17) is 4.74 Å². The molecule has 3 heterocycles. The summed E-state index contributed by atoms with van der Waals surface area (Å²) in [6.45, 7) is 2.66. The van der Waals surface area contributed by atoms with Crippen molar-refractivity contribution < 1.29 is 13.9 Å². The van der Waals surface area contributed by atoms with E-state index in [1.807, 2.05) is 16.5 Å². The third kappa shape index (κ3) is 3.00. The molecule has 0 aliphatic carbocycles. The van der Waals surface area contributed by atoms with Crippen molar-refractivity contribution in [2.75, 3.05) is 26.3 Å². The summed E-state index contributed by atoms with van der Waals surface area (Å²) in [4.78, 5) is 14.8. The number of ether oxygens (including phenoxy) is 1. The molecule has 7 heteroatoms. The normalized spacial score (nSPS) is 22.1. The summed E-state index contributed by atoms with van der Waals surface area (Å²) in [6.07, 6.45) is 3.58. The number of amides is 1. The molecule has 2 aromatic rings. The zero-order valence-electron chi connectivity index (χ0n) is 14.9. The number of benzene rings is 1. The standard InChI is InChI=1S/C19H23FN4O2/c1-23-13-21-22-18(23)15-11-24(12-19(15)6-8-26-9-7-19)17(25)10-14-4-2-3-5-16(14)20/h2-5,13,15H,6-12H2,1H3. The molecule has 0 saturated carbocycles. The van der Waals surface area contributed by atoms with Gasteiger partial charge < -0.3 is 14.2 Å². The smallest absolute Gasteiger partial charge is 0.227 e. The summed E-state index contributed by atoms with van der Waals surface area (Å²) >= 11 is 0. The van der Waals surface area contributed by atoms with Gasteiger partial charge in [-0.05, 0) is 24.5 Å². The predicted octanol–water partition coefficient (Wildman–Crippen LogP) is 1.92. The summed E-state index contributed by atoms with van der Waals surface area (Å²) in [5.74, 6) is 0.674. The first-order valence-electron chi connectivity index (χ1n) is 9.02. The van der Waals surface area contributed by atoms with Gasteiger partial charge in [0.2, 0.25) is 5.91 Å². The van der Waals surface area contributed by atoms with Crippen LogP contribution in [0, 0.1) is 11.2 Å². The zero-order chi connectivity index (χ0) is 18.1. The van der Waals surface area contributed by atoms with Gasteiger partial charge in [-0.25, -0.2) is 4.39 Å². The van der Waals surface area contributed by atoms with Gasteiger partial charge in [0.05, 0.1) is 6.42 Å². The van der Waals surface area contributed by atoms with Crippen molar-refractivity contribution in [3.05, 3.63) is 47.8 Å². The Morgan fingerprint density at radius 3 is 2.81 bits per heavy atom.